The molecule has 0 fully saturated rings. The average molecular weight is 300 g/mol. The monoisotopic (exact) mass is 300 g/mol. The van der Waals surface area contributed by atoms with E-state index in [0.29, 0.717) is 33.9 Å². The van der Waals surface area contributed by atoms with Crippen molar-refractivity contribution in [3.8, 4) is 6.07 Å². The highest BCUT2D eigenvalue weighted by atomic mass is 32.2. The van der Waals surface area contributed by atoms with E-state index in [1.165, 1.54) is 30.0 Å². The molecule has 0 saturated heterocycles. The van der Waals surface area contributed by atoms with Crippen LogP contribution in [0.15, 0.2) is 29.2 Å². The number of pyridine rings is 1. The van der Waals surface area contributed by atoms with Crippen LogP contribution in [0.4, 0.5) is 10.2 Å². The van der Waals surface area contributed by atoms with Crippen LogP contribution in [0.25, 0.3) is 11.2 Å². The van der Waals surface area contributed by atoms with Gasteiger partial charge in [0.15, 0.2) is 0 Å². The minimum Gasteiger partial charge on any atom is -0.384 e. The second kappa shape index (κ2) is 5.38. The maximum Gasteiger partial charge on any atom is 0.204 e. The third-order valence-electron chi connectivity index (χ3n) is 2.83. The molecule has 2 aromatic heterocycles. The lowest BCUT2D eigenvalue weighted by Gasteiger charge is -2.05. The van der Waals surface area contributed by atoms with Crippen LogP contribution < -0.4 is 5.73 Å². The molecule has 0 bridgehead atoms. The number of H-pyrrole nitrogens is 1. The van der Waals surface area contributed by atoms with E-state index < -0.39 is 0 Å². The zero-order valence-electron chi connectivity index (χ0n) is 10.7. The van der Waals surface area contributed by atoms with Gasteiger partial charge in [0.25, 0.3) is 0 Å². The number of aromatic amines is 1. The first-order chi connectivity index (χ1) is 10.2. The minimum absolute atomic E-state index is 0.324. The van der Waals surface area contributed by atoms with Gasteiger partial charge in [-0.15, -0.1) is 16.9 Å². The SMILES string of the molecule is N#Cc1ccc(F)c(CSc2cc(N)nc3n[nH]nc23)c1. The van der Waals surface area contributed by atoms with E-state index in [9.17, 15) is 4.39 Å². The first-order valence-corrected chi connectivity index (χ1v) is 6.94. The molecule has 3 N–H and O–H groups in total. The Morgan fingerprint density at radius 2 is 2.19 bits per heavy atom. The quantitative estimate of drug-likeness (QED) is 0.719. The van der Waals surface area contributed by atoms with E-state index >= 15 is 0 Å². The summed E-state index contributed by atoms with van der Waals surface area (Å²) in [6.45, 7) is 0. The maximum absolute atomic E-state index is 13.7. The summed E-state index contributed by atoms with van der Waals surface area (Å²) in [5.41, 5.74) is 7.59. The molecule has 0 atom stereocenters. The molecule has 0 aliphatic carbocycles. The van der Waals surface area contributed by atoms with Crippen LogP contribution in [0.5, 0.6) is 0 Å². The first-order valence-electron chi connectivity index (χ1n) is 5.95. The van der Waals surface area contributed by atoms with Crippen LogP contribution >= 0.6 is 11.8 Å². The van der Waals surface area contributed by atoms with Gasteiger partial charge in [-0.2, -0.15) is 15.6 Å². The standard InChI is InChI=1S/C13H9FN6S/c14-9-2-1-7(5-15)3-8(9)6-21-10-4-11(16)17-13-12(10)18-20-19-13/h1-4H,6H2,(H3,16,17,18,19,20). The smallest absolute Gasteiger partial charge is 0.204 e. The molecule has 0 amide bonds. The third kappa shape index (κ3) is 2.64. The normalized spacial score (nSPS) is 10.7. The van der Waals surface area contributed by atoms with Gasteiger partial charge in [-0.05, 0) is 29.8 Å². The third-order valence-corrected chi connectivity index (χ3v) is 3.91. The summed E-state index contributed by atoms with van der Waals surface area (Å²) in [7, 11) is 0. The van der Waals surface area contributed by atoms with Gasteiger partial charge in [0, 0.05) is 10.6 Å². The van der Waals surface area contributed by atoms with Gasteiger partial charge in [-0.3, -0.25) is 0 Å². The summed E-state index contributed by atoms with van der Waals surface area (Å²) in [5.74, 6) is 0.331. The number of rotatable bonds is 3. The highest BCUT2D eigenvalue weighted by molar-refractivity contribution is 7.98. The van der Waals surface area contributed by atoms with Gasteiger partial charge in [0.1, 0.15) is 17.2 Å². The average Bonchev–Trinajstić information content (AvgIpc) is 2.94. The van der Waals surface area contributed by atoms with Crippen molar-refractivity contribution < 1.29 is 4.39 Å². The predicted molar refractivity (Wildman–Crippen MR) is 76.8 cm³/mol. The van der Waals surface area contributed by atoms with Crippen molar-refractivity contribution in [1.82, 2.24) is 20.4 Å². The molecule has 3 rings (SSSR count). The number of nitrogens with one attached hydrogen (secondary N) is 1. The fourth-order valence-corrected chi connectivity index (χ4v) is 2.86. The molecule has 0 radical (unpaired) electrons. The predicted octanol–water partition coefficient (Wildman–Crippen LogP) is 2.24. The first kappa shape index (κ1) is 13.3. The van der Waals surface area contributed by atoms with E-state index in [-0.39, 0.29) is 5.82 Å². The number of halogens is 1. The second-order valence-electron chi connectivity index (χ2n) is 4.25. The number of hydrogen-bond donors (Lipinski definition) is 2. The zero-order chi connectivity index (χ0) is 14.8. The van der Waals surface area contributed by atoms with Crippen LogP contribution in [0.2, 0.25) is 0 Å². The van der Waals surface area contributed by atoms with E-state index in [4.69, 9.17) is 11.0 Å². The number of thioether (sulfide) groups is 1. The maximum atomic E-state index is 13.7. The molecule has 0 spiro atoms. The molecule has 1 aromatic carbocycles. The number of benzene rings is 1. The fourth-order valence-electron chi connectivity index (χ4n) is 1.85. The minimum atomic E-state index is -0.347. The van der Waals surface area contributed by atoms with E-state index in [1.54, 1.807) is 6.07 Å². The number of nitrogens with two attached hydrogens (primary N) is 1. The Balaban J connectivity index is 1.90. The van der Waals surface area contributed by atoms with Crippen molar-refractivity contribution in [1.29, 1.82) is 5.26 Å². The van der Waals surface area contributed by atoms with Gasteiger partial charge in [-0.25, -0.2) is 9.37 Å². The number of nitrogen functional groups attached to an aromatic ring is 1. The number of anilines is 1. The Kier molecular flexibility index (Phi) is 3.41. The molecule has 3 aromatic rings. The number of nitrogens with zero attached hydrogens (tertiary/aromatic N) is 4. The van der Waals surface area contributed by atoms with Crippen molar-refractivity contribution in [3.63, 3.8) is 0 Å². The lowest BCUT2D eigenvalue weighted by molar-refractivity contribution is 0.617. The molecule has 104 valence electrons. The highest BCUT2D eigenvalue weighted by Gasteiger charge is 2.11. The molecule has 2 heterocycles. The second-order valence-corrected chi connectivity index (χ2v) is 5.26. The summed E-state index contributed by atoms with van der Waals surface area (Å²) in [4.78, 5) is 4.80. The fraction of sp³-hybridized carbons (Fsp3) is 0.0769. The van der Waals surface area contributed by atoms with Crippen molar-refractivity contribution in [2.45, 2.75) is 10.6 Å². The lowest BCUT2D eigenvalue weighted by atomic mass is 10.1. The highest BCUT2D eigenvalue weighted by Crippen LogP contribution is 2.30. The molecular formula is C13H9FN6S. The Bertz CT molecular complexity index is 853. The number of fused-ring (bicyclic) bond motifs is 1. The number of nitriles is 1. The summed E-state index contributed by atoms with van der Waals surface area (Å²) >= 11 is 1.36. The van der Waals surface area contributed by atoms with Gasteiger partial charge < -0.3 is 5.73 Å². The van der Waals surface area contributed by atoms with E-state index in [0.717, 1.165) is 4.90 Å². The van der Waals surface area contributed by atoms with Gasteiger partial charge in [0.05, 0.1) is 11.6 Å². The van der Waals surface area contributed by atoms with Crippen LogP contribution in [0, 0.1) is 17.1 Å². The van der Waals surface area contributed by atoms with Gasteiger partial charge >= 0.3 is 0 Å². The Labute approximate surface area is 123 Å². The summed E-state index contributed by atoms with van der Waals surface area (Å²) < 4.78 is 13.7. The summed E-state index contributed by atoms with van der Waals surface area (Å²) in [6, 6.07) is 7.94. The summed E-state index contributed by atoms with van der Waals surface area (Å²) in [5, 5.41) is 19.2. The van der Waals surface area contributed by atoms with Gasteiger partial charge in [0.2, 0.25) is 5.65 Å². The Morgan fingerprint density at radius 1 is 1.33 bits per heavy atom. The molecule has 21 heavy (non-hydrogen) atoms. The Morgan fingerprint density at radius 3 is 3.00 bits per heavy atom. The molecule has 0 saturated carbocycles. The van der Waals surface area contributed by atoms with E-state index in [2.05, 4.69) is 20.4 Å². The van der Waals surface area contributed by atoms with Crippen LogP contribution in [-0.4, -0.2) is 20.4 Å². The van der Waals surface area contributed by atoms with Crippen molar-refractivity contribution in [2.24, 2.45) is 0 Å². The summed E-state index contributed by atoms with van der Waals surface area (Å²) in [6.07, 6.45) is 0. The molecular weight excluding hydrogens is 291 g/mol. The molecule has 8 heteroatoms. The van der Waals surface area contributed by atoms with Crippen LogP contribution in [0.1, 0.15) is 11.1 Å². The molecule has 6 nitrogen and oxygen atoms in total. The number of aromatic nitrogens is 4. The topological polar surface area (TPSA) is 104 Å². The zero-order valence-corrected chi connectivity index (χ0v) is 11.5. The number of hydrogen-bond acceptors (Lipinski definition) is 6. The largest absolute Gasteiger partial charge is 0.384 e. The lowest BCUT2D eigenvalue weighted by Crippen LogP contribution is -1.93. The Hall–Kier alpha value is -2.66. The molecule has 0 aliphatic heterocycles. The van der Waals surface area contributed by atoms with Crippen LogP contribution in [0.3, 0.4) is 0 Å². The molecule has 0 aliphatic rings. The molecule has 0 unspecified atom stereocenters. The van der Waals surface area contributed by atoms with Gasteiger partial charge in [-0.1, -0.05) is 0 Å². The van der Waals surface area contributed by atoms with Crippen molar-refractivity contribution in [3.05, 3.63) is 41.2 Å². The van der Waals surface area contributed by atoms with Crippen molar-refractivity contribution in [2.75, 3.05) is 5.73 Å². The van der Waals surface area contributed by atoms with E-state index in [1.807, 2.05) is 6.07 Å². The van der Waals surface area contributed by atoms with Crippen molar-refractivity contribution >= 4 is 28.7 Å². The van der Waals surface area contributed by atoms with Crippen LogP contribution in [-0.2, 0) is 5.75 Å².